The van der Waals surface area contributed by atoms with E-state index in [1.165, 1.54) is 16.7 Å². The number of hydrogen-bond donors (Lipinski definition) is 1. The van der Waals surface area contributed by atoms with Crippen molar-refractivity contribution >= 4 is 35.1 Å². The second-order valence-electron chi connectivity index (χ2n) is 11.1. The number of nitrogens with zero attached hydrogens (tertiary/aromatic N) is 3. The van der Waals surface area contributed by atoms with E-state index in [4.69, 9.17) is 42.6 Å². The van der Waals surface area contributed by atoms with Crippen molar-refractivity contribution in [3.63, 3.8) is 0 Å². The first kappa shape index (κ1) is 28.0. The van der Waals surface area contributed by atoms with Gasteiger partial charge in [0.15, 0.2) is 0 Å². The normalized spacial score (nSPS) is 18.1. The van der Waals surface area contributed by atoms with Crippen LogP contribution < -0.4 is 9.47 Å². The zero-order valence-electron chi connectivity index (χ0n) is 23.5. The molecule has 2 aromatic carbocycles. The zero-order chi connectivity index (χ0) is 29.0. The van der Waals surface area contributed by atoms with Gasteiger partial charge in [-0.05, 0) is 55.4 Å². The number of pyridine rings is 2. The van der Waals surface area contributed by atoms with Crippen LogP contribution in [0.15, 0.2) is 48.5 Å². The smallest absolute Gasteiger partial charge is 0.218 e. The summed E-state index contributed by atoms with van der Waals surface area (Å²) in [6.45, 7) is 1.40. The van der Waals surface area contributed by atoms with Gasteiger partial charge < -0.3 is 14.6 Å². The second-order valence-corrected chi connectivity index (χ2v) is 13.1. The molecule has 2 aromatic heterocycles. The number of hydrogen-bond acceptors (Lipinski definition) is 7. The highest BCUT2D eigenvalue weighted by Gasteiger charge is 2.34. The van der Waals surface area contributed by atoms with Gasteiger partial charge in [0.05, 0.1) is 47.0 Å². The lowest BCUT2D eigenvalue weighted by molar-refractivity contribution is 0.0612. The van der Waals surface area contributed by atoms with Crippen molar-refractivity contribution in [3.05, 3.63) is 80.8 Å². The molecule has 0 bridgehead atoms. The summed E-state index contributed by atoms with van der Waals surface area (Å²) in [7, 11) is 3.34. The Bertz CT molecular complexity index is 1690. The third kappa shape index (κ3) is 4.85. The van der Waals surface area contributed by atoms with Crippen LogP contribution in [0.4, 0.5) is 0 Å². The van der Waals surface area contributed by atoms with Gasteiger partial charge in [-0.3, -0.25) is 0 Å². The molecule has 0 spiro atoms. The molecule has 9 heteroatoms. The summed E-state index contributed by atoms with van der Waals surface area (Å²) in [6.07, 6.45) is 4.84. The summed E-state index contributed by atoms with van der Waals surface area (Å²) in [5, 5.41) is 11.2. The molecule has 42 heavy (non-hydrogen) atoms. The Balaban J connectivity index is 1.25. The standard InChI is InChI=1S/C33H31Cl2N3O3S/c1-40-32-21-7-3-6-18(21)14-26(36-32)24-10-4-8-22(30(24)34)23-9-5-11-25(31(23)35)27-15-19-12-13-28(29(19)33(37-27)41-2)42-38-16-20(39)17-38/h4-5,8-11,14-15,20,28,39H,3,6-7,12-13,16-17H2,1-2H3. The molecule has 1 saturated heterocycles. The van der Waals surface area contributed by atoms with Crippen LogP contribution in [0.5, 0.6) is 11.8 Å². The molecular weight excluding hydrogens is 589 g/mol. The number of aryl methyl sites for hydroxylation is 2. The molecular formula is C33H31Cl2N3O3S. The summed E-state index contributed by atoms with van der Waals surface area (Å²) < 4.78 is 13.7. The summed E-state index contributed by atoms with van der Waals surface area (Å²) >= 11 is 16.0. The average molecular weight is 621 g/mol. The van der Waals surface area contributed by atoms with Crippen LogP contribution in [0.25, 0.3) is 33.6 Å². The second kappa shape index (κ2) is 11.4. The summed E-state index contributed by atoms with van der Waals surface area (Å²) in [4.78, 5) is 9.76. The van der Waals surface area contributed by atoms with Crippen molar-refractivity contribution in [1.82, 2.24) is 14.3 Å². The first-order chi connectivity index (χ1) is 20.4. The van der Waals surface area contributed by atoms with Crippen molar-refractivity contribution in [2.75, 3.05) is 27.3 Å². The van der Waals surface area contributed by atoms with Crippen molar-refractivity contribution in [3.8, 4) is 45.4 Å². The highest BCUT2D eigenvalue weighted by Crippen LogP contribution is 2.49. The Hall–Kier alpha value is -2.81. The van der Waals surface area contributed by atoms with E-state index in [-0.39, 0.29) is 11.4 Å². The third-order valence-electron chi connectivity index (χ3n) is 8.49. The van der Waals surface area contributed by atoms with E-state index in [9.17, 15) is 5.11 Å². The van der Waals surface area contributed by atoms with Gasteiger partial charge in [0.25, 0.3) is 0 Å². The minimum atomic E-state index is -0.225. The summed E-state index contributed by atoms with van der Waals surface area (Å²) in [5.74, 6) is 1.32. The van der Waals surface area contributed by atoms with E-state index in [2.05, 4.69) is 16.4 Å². The maximum Gasteiger partial charge on any atom is 0.218 e. The van der Waals surface area contributed by atoms with Crippen molar-refractivity contribution in [2.24, 2.45) is 0 Å². The molecule has 3 heterocycles. The first-order valence-corrected chi connectivity index (χ1v) is 15.9. The van der Waals surface area contributed by atoms with E-state index < -0.39 is 0 Å². The fraction of sp³-hybridized carbons (Fsp3) is 0.333. The van der Waals surface area contributed by atoms with Gasteiger partial charge in [-0.15, -0.1) is 0 Å². The third-order valence-corrected chi connectivity index (χ3v) is 10.6. The van der Waals surface area contributed by atoms with E-state index in [1.807, 2.05) is 36.4 Å². The zero-order valence-corrected chi connectivity index (χ0v) is 25.8. The van der Waals surface area contributed by atoms with E-state index in [0.717, 1.165) is 71.3 Å². The van der Waals surface area contributed by atoms with Gasteiger partial charge in [-0.2, -0.15) is 0 Å². The van der Waals surface area contributed by atoms with Crippen LogP contribution in [0.2, 0.25) is 10.0 Å². The molecule has 7 rings (SSSR count). The van der Waals surface area contributed by atoms with Crippen LogP contribution in [0.1, 0.15) is 40.3 Å². The Morgan fingerprint density at radius 2 is 1.40 bits per heavy atom. The first-order valence-electron chi connectivity index (χ1n) is 14.3. The monoisotopic (exact) mass is 619 g/mol. The molecule has 1 aliphatic heterocycles. The lowest BCUT2D eigenvalue weighted by Gasteiger charge is -2.36. The number of aliphatic hydroxyl groups excluding tert-OH is 1. The van der Waals surface area contributed by atoms with Crippen LogP contribution in [0, 0.1) is 0 Å². The number of aromatic nitrogens is 2. The fourth-order valence-electron chi connectivity index (χ4n) is 6.37. The molecule has 1 atom stereocenters. The number of aliphatic hydroxyl groups is 1. The lowest BCUT2D eigenvalue weighted by atomic mass is 9.97. The van der Waals surface area contributed by atoms with Gasteiger partial charge in [-0.1, -0.05) is 71.5 Å². The number of ether oxygens (including phenoxy) is 2. The van der Waals surface area contributed by atoms with Crippen molar-refractivity contribution in [2.45, 2.75) is 43.5 Å². The molecule has 216 valence electrons. The molecule has 1 fully saturated rings. The molecule has 1 unspecified atom stereocenters. The topological polar surface area (TPSA) is 67.7 Å². The highest BCUT2D eigenvalue weighted by molar-refractivity contribution is 7.97. The van der Waals surface area contributed by atoms with Gasteiger partial charge in [0.2, 0.25) is 11.8 Å². The SMILES string of the molecule is COc1nc(-c2cccc(-c3cccc(-c4cc5c(c(OC)n4)C(SN4CC(O)C4)CC5)c3Cl)c2Cl)cc2c1CCC2. The molecule has 6 nitrogen and oxygen atoms in total. The van der Waals surface area contributed by atoms with Gasteiger partial charge in [-0.25, -0.2) is 14.3 Å². The van der Waals surface area contributed by atoms with Crippen LogP contribution in [-0.4, -0.2) is 52.8 Å². The van der Waals surface area contributed by atoms with Crippen LogP contribution in [0.3, 0.4) is 0 Å². The molecule has 4 aromatic rings. The molecule has 3 aliphatic rings. The molecule has 1 N–H and O–H groups in total. The maximum absolute atomic E-state index is 9.71. The van der Waals surface area contributed by atoms with Gasteiger partial charge >= 0.3 is 0 Å². The molecule has 0 saturated carbocycles. The number of fused-ring (bicyclic) bond motifs is 2. The Morgan fingerprint density at radius 1 is 0.810 bits per heavy atom. The minimum Gasteiger partial charge on any atom is -0.481 e. The van der Waals surface area contributed by atoms with Crippen molar-refractivity contribution < 1.29 is 14.6 Å². The number of β-amino-alcohol motifs (C(OH)–C–C–N with tert-alkyl or cyclic N) is 1. The summed E-state index contributed by atoms with van der Waals surface area (Å²) in [5.41, 5.74) is 9.78. The number of halogens is 2. The summed E-state index contributed by atoms with van der Waals surface area (Å²) in [6, 6.07) is 16.2. The van der Waals surface area contributed by atoms with E-state index >= 15 is 0 Å². The number of methoxy groups -OCH3 is 2. The average Bonchev–Trinajstić information content (AvgIpc) is 3.63. The highest BCUT2D eigenvalue weighted by atomic mass is 35.5. The van der Waals surface area contributed by atoms with Crippen molar-refractivity contribution in [1.29, 1.82) is 0 Å². The van der Waals surface area contributed by atoms with Crippen LogP contribution in [-0.2, 0) is 19.3 Å². The van der Waals surface area contributed by atoms with E-state index in [0.29, 0.717) is 34.9 Å². The largest absolute Gasteiger partial charge is 0.481 e. The quantitative estimate of drug-likeness (QED) is 0.214. The minimum absolute atomic E-state index is 0.225. The molecule has 2 aliphatic carbocycles. The molecule has 0 radical (unpaired) electrons. The number of rotatable bonds is 7. The van der Waals surface area contributed by atoms with E-state index in [1.54, 1.807) is 26.2 Å². The van der Waals surface area contributed by atoms with Gasteiger partial charge in [0, 0.05) is 46.5 Å². The Labute approximate surface area is 260 Å². The Kier molecular flexibility index (Phi) is 7.57. The van der Waals surface area contributed by atoms with Gasteiger partial charge in [0.1, 0.15) is 0 Å². The fourth-order valence-corrected chi connectivity index (χ4v) is 8.48. The van der Waals surface area contributed by atoms with Crippen LogP contribution >= 0.6 is 35.1 Å². The lowest BCUT2D eigenvalue weighted by Crippen LogP contribution is -2.46. The predicted molar refractivity (Wildman–Crippen MR) is 170 cm³/mol. The maximum atomic E-state index is 9.71. The number of benzene rings is 2. The molecule has 0 amide bonds. The predicted octanol–water partition coefficient (Wildman–Crippen LogP) is 7.60. The Morgan fingerprint density at radius 3 is 2.02 bits per heavy atom.